The van der Waals surface area contributed by atoms with Crippen LogP contribution in [0.1, 0.15) is 40.5 Å². The number of hydrogen-bond acceptors (Lipinski definition) is 3. The summed E-state index contributed by atoms with van der Waals surface area (Å²) in [6, 6.07) is 0. The van der Waals surface area contributed by atoms with E-state index in [1.165, 1.54) is 0 Å². The van der Waals surface area contributed by atoms with Crippen LogP contribution in [0.4, 0.5) is 0 Å². The fourth-order valence-corrected chi connectivity index (χ4v) is 3.94. The van der Waals surface area contributed by atoms with Gasteiger partial charge in [0.15, 0.2) is 0 Å². The van der Waals surface area contributed by atoms with Gasteiger partial charge in [0, 0.05) is 19.6 Å². The van der Waals surface area contributed by atoms with E-state index in [1.54, 1.807) is 11.2 Å². The summed E-state index contributed by atoms with van der Waals surface area (Å²) in [5.74, 6) is 1.09. The van der Waals surface area contributed by atoms with Crippen LogP contribution < -0.4 is 5.32 Å². The van der Waals surface area contributed by atoms with Crippen molar-refractivity contribution in [3.05, 3.63) is 0 Å². The molecule has 0 aromatic heterocycles. The van der Waals surface area contributed by atoms with Gasteiger partial charge in [-0.2, -0.15) is 0 Å². The van der Waals surface area contributed by atoms with Crippen molar-refractivity contribution < 1.29 is 8.42 Å². The van der Waals surface area contributed by atoms with Crippen LogP contribution >= 0.6 is 0 Å². The minimum Gasteiger partial charge on any atom is -0.315 e. The van der Waals surface area contributed by atoms with Crippen molar-refractivity contribution in [2.75, 3.05) is 26.2 Å². The van der Waals surface area contributed by atoms with Crippen LogP contribution in [0.5, 0.6) is 0 Å². The van der Waals surface area contributed by atoms with E-state index in [2.05, 4.69) is 26.1 Å². The standard InChI is InChI=1S/C13H28N2O2S/c1-5-7-14-9-13(4)18(16,17)15-8-6-11(2)12(3)10-15/h11-14H,5-10H2,1-4H3. The Kier molecular flexibility index (Phi) is 6.08. The van der Waals surface area contributed by atoms with Crippen LogP contribution in [0.3, 0.4) is 0 Å². The highest BCUT2D eigenvalue weighted by molar-refractivity contribution is 7.89. The van der Waals surface area contributed by atoms with Crippen molar-refractivity contribution in [2.24, 2.45) is 11.8 Å². The van der Waals surface area contributed by atoms with Gasteiger partial charge < -0.3 is 5.32 Å². The zero-order valence-corrected chi connectivity index (χ0v) is 13.0. The number of nitrogens with one attached hydrogen (secondary N) is 1. The molecule has 1 N–H and O–H groups in total. The lowest BCUT2D eigenvalue weighted by atomic mass is 9.90. The van der Waals surface area contributed by atoms with E-state index in [0.717, 1.165) is 19.4 Å². The first-order chi connectivity index (χ1) is 8.39. The van der Waals surface area contributed by atoms with Gasteiger partial charge >= 0.3 is 0 Å². The van der Waals surface area contributed by atoms with Gasteiger partial charge in [0.2, 0.25) is 10.0 Å². The van der Waals surface area contributed by atoms with Crippen LogP contribution in [0.2, 0.25) is 0 Å². The molecular weight excluding hydrogens is 248 g/mol. The Morgan fingerprint density at radius 1 is 1.33 bits per heavy atom. The molecule has 1 rings (SSSR count). The Bertz CT molecular complexity index is 343. The zero-order chi connectivity index (χ0) is 13.8. The zero-order valence-electron chi connectivity index (χ0n) is 12.1. The van der Waals surface area contributed by atoms with E-state index in [-0.39, 0.29) is 5.25 Å². The van der Waals surface area contributed by atoms with Crippen molar-refractivity contribution in [2.45, 2.75) is 45.8 Å². The monoisotopic (exact) mass is 276 g/mol. The smallest absolute Gasteiger partial charge is 0.217 e. The summed E-state index contributed by atoms with van der Waals surface area (Å²) >= 11 is 0. The highest BCUT2D eigenvalue weighted by Gasteiger charge is 2.33. The molecule has 3 unspecified atom stereocenters. The Morgan fingerprint density at radius 2 is 2.00 bits per heavy atom. The maximum atomic E-state index is 12.4. The van der Waals surface area contributed by atoms with Crippen LogP contribution in [0, 0.1) is 11.8 Å². The van der Waals surface area contributed by atoms with Gasteiger partial charge in [0.25, 0.3) is 0 Å². The predicted molar refractivity (Wildman–Crippen MR) is 76.1 cm³/mol. The predicted octanol–water partition coefficient (Wildman–Crippen LogP) is 1.68. The SMILES string of the molecule is CCCNCC(C)S(=O)(=O)N1CCC(C)C(C)C1. The van der Waals surface area contributed by atoms with Crippen LogP contribution in [0.25, 0.3) is 0 Å². The lowest BCUT2D eigenvalue weighted by Gasteiger charge is -2.35. The van der Waals surface area contributed by atoms with Crippen LogP contribution in [0.15, 0.2) is 0 Å². The van der Waals surface area contributed by atoms with Gasteiger partial charge in [-0.3, -0.25) is 0 Å². The van der Waals surface area contributed by atoms with E-state index in [9.17, 15) is 8.42 Å². The van der Waals surface area contributed by atoms with Crippen molar-refractivity contribution in [1.82, 2.24) is 9.62 Å². The normalized spacial score (nSPS) is 28.2. The van der Waals surface area contributed by atoms with E-state index in [4.69, 9.17) is 0 Å². The van der Waals surface area contributed by atoms with Gasteiger partial charge in [-0.25, -0.2) is 12.7 Å². The Morgan fingerprint density at radius 3 is 2.56 bits per heavy atom. The molecule has 0 amide bonds. The topological polar surface area (TPSA) is 49.4 Å². The average molecular weight is 276 g/mol. The van der Waals surface area contributed by atoms with Crippen molar-refractivity contribution in [3.8, 4) is 0 Å². The second kappa shape index (κ2) is 6.87. The average Bonchev–Trinajstić information content (AvgIpc) is 2.32. The summed E-state index contributed by atoms with van der Waals surface area (Å²) in [4.78, 5) is 0. The molecule has 0 spiro atoms. The molecule has 1 fully saturated rings. The second-order valence-electron chi connectivity index (χ2n) is 5.66. The molecule has 1 saturated heterocycles. The van der Waals surface area contributed by atoms with Crippen LogP contribution in [-0.4, -0.2) is 44.2 Å². The largest absolute Gasteiger partial charge is 0.315 e. The molecule has 1 aliphatic heterocycles. The molecule has 18 heavy (non-hydrogen) atoms. The van der Waals surface area contributed by atoms with E-state index >= 15 is 0 Å². The fraction of sp³-hybridized carbons (Fsp3) is 1.00. The third-order valence-electron chi connectivity index (χ3n) is 4.02. The summed E-state index contributed by atoms with van der Waals surface area (Å²) in [7, 11) is -3.13. The fourth-order valence-electron chi connectivity index (χ4n) is 2.30. The summed E-state index contributed by atoms with van der Waals surface area (Å²) in [5, 5.41) is 2.87. The molecule has 1 aliphatic rings. The number of hydrogen-bond donors (Lipinski definition) is 1. The summed E-state index contributed by atoms with van der Waals surface area (Å²) in [5.41, 5.74) is 0. The van der Waals surface area contributed by atoms with Crippen LogP contribution in [-0.2, 0) is 10.0 Å². The first-order valence-corrected chi connectivity index (χ1v) is 8.59. The highest BCUT2D eigenvalue weighted by atomic mass is 32.2. The molecule has 108 valence electrons. The Labute approximate surface area is 112 Å². The van der Waals surface area contributed by atoms with Gasteiger partial charge in [0.1, 0.15) is 0 Å². The molecule has 0 aromatic carbocycles. The van der Waals surface area contributed by atoms with Gasteiger partial charge in [0.05, 0.1) is 5.25 Å². The third kappa shape index (κ3) is 3.93. The molecule has 5 heteroatoms. The molecule has 0 radical (unpaired) electrons. The first-order valence-electron chi connectivity index (χ1n) is 7.09. The lowest BCUT2D eigenvalue weighted by Crippen LogP contribution is -2.47. The maximum Gasteiger partial charge on any atom is 0.217 e. The molecule has 0 aliphatic carbocycles. The molecular formula is C13H28N2O2S. The number of piperidine rings is 1. The Balaban J connectivity index is 2.57. The highest BCUT2D eigenvalue weighted by Crippen LogP contribution is 2.25. The molecule has 0 bridgehead atoms. The second-order valence-corrected chi connectivity index (χ2v) is 8.01. The first kappa shape index (κ1) is 15.9. The number of rotatable bonds is 6. The Hall–Kier alpha value is -0.130. The summed E-state index contributed by atoms with van der Waals surface area (Å²) in [6.07, 6.45) is 2.01. The molecule has 3 atom stereocenters. The molecule has 0 saturated carbocycles. The van der Waals surface area contributed by atoms with E-state index in [0.29, 0.717) is 31.5 Å². The molecule has 0 aromatic rings. The summed E-state index contributed by atoms with van der Waals surface area (Å²) < 4.78 is 26.5. The van der Waals surface area contributed by atoms with Crippen molar-refractivity contribution in [3.63, 3.8) is 0 Å². The molecule has 1 heterocycles. The minimum atomic E-state index is -3.13. The quantitative estimate of drug-likeness (QED) is 0.751. The van der Waals surface area contributed by atoms with Gasteiger partial charge in [-0.05, 0) is 38.1 Å². The van der Waals surface area contributed by atoms with E-state index < -0.39 is 10.0 Å². The van der Waals surface area contributed by atoms with Gasteiger partial charge in [-0.15, -0.1) is 0 Å². The third-order valence-corrected chi connectivity index (χ3v) is 6.26. The summed E-state index contributed by atoms with van der Waals surface area (Å²) in [6.45, 7) is 11.0. The van der Waals surface area contributed by atoms with E-state index in [1.807, 2.05) is 0 Å². The number of nitrogens with zero attached hydrogens (tertiary/aromatic N) is 1. The maximum absolute atomic E-state index is 12.4. The van der Waals surface area contributed by atoms with Crippen molar-refractivity contribution in [1.29, 1.82) is 0 Å². The van der Waals surface area contributed by atoms with Gasteiger partial charge in [-0.1, -0.05) is 20.8 Å². The minimum absolute atomic E-state index is 0.329. The molecule has 4 nitrogen and oxygen atoms in total. The lowest BCUT2D eigenvalue weighted by molar-refractivity contribution is 0.211. The van der Waals surface area contributed by atoms with Crippen molar-refractivity contribution >= 4 is 10.0 Å². The number of sulfonamides is 1.